The van der Waals surface area contributed by atoms with Crippen molar-refractivity contribution < 1.29 is 13.5 Å². The van der Waals surface area contributed by atoms with E-state index in [4.69, 9.17) is 0 Å². The summed E-state index contributed by atoms with van der Waals surface area (Å²) in [7, 11) is 0. The number of nitrogens with zero attached hydrogens (tertiary/aromatic N) is 4. The molecular formula is C11H11F2N5O. The van der Waals surface area contributed by atoms with E-state index in [-0.39, 0.29) is 11.8 Å². The van der Waals surface area contributed by atoms with Crippen LogP contribution < -0.4 is 10.1 Å². The van der Waals surface area contributed by atoms with E-state index in [1.165, 1.54) is 6.07 Å². The Kier molecular flexibility index (Phi) is 2.98. The summed E-state index contributed by atoms with van der Waals surface area (Å²) in [6, 6.07) is 6.54. The molecule has 3 rings (SSSR count). The highest BCUT2D eigenvalue weighted by atomic mass is 19.3. The Bertz CT molecular complexity index is 574. The smallest absolute Gasteiger partial charge is 0.387 e. The van der Waals surface area contributed by atoms with Crippen LogP contribution in [0.4, 0.5) is 14.7 Å². The molecule has 1 aromatic carbocycles. The molecule has 0 fully saturated rings. The summed E-state index contributed by atoms with van der Waals surface area (Å²) in [6.45, 7) is -2.10. The molecule has 1 unspecified atom stereocenters. The predicted molar refractivity (Wildman–Crippen MR) is 62.1 cm³/mol. The zero-order valence-corrected chi connectivity index (χ0v) is 9.83. The molecular weight excluding hydrogens is 256 g/mol. The average molecular weight is 267 g/mol. The zero-order valence-electron chi connectivity index (χ0n) is 9.83. The molecule has 0 aliphatic carbocycles. The van der Waals surface area contributed by atoms with Crippen molar-refractivity contribution in [1.29, 1.82) is 0 Å². The minimum atomic E-state index is -2.83. The topological polar surface area (TPSA) is 64.9 Å². The molecule has 0 spiro atoms. The van der Waals surface area contributed by atoms with Crippen LogP contribution in [0.1, 0.15) is 18.0 Å². The molecule has 6 nitrogen and oxygen atoms in total. The van der Waals surface area contributed by atoms with Crippen molar-refractivity contribution in [3.8, 4) is 5.75 Å². The van der Waals surface area contributed by atoms with Crippen molar-refractivity contribution in [2.75, 3.05) is 11.9 Å². The lowest BCUT2D eigenvalue weighted by molar-refractivity contribution is -0.0499. The summed E-state index contributed by atoms with van der Waals surface area (Å²) in [5.74, 6) is 0.720. The van der Waals surface area contributed by atoms with Gasteiger partial charge in [0.15, 0.2) is 0 Å². The number of fused-ring (bicyclic) bond motifs is 1. The van der Waals surface area contributed by atoms with Gasteiger partial charge in [-0.3, -0.25) is 0 Å². The van der Waals surface area contributed by atoms with E-state index in [0.717, 1.165) is 18.5 Å². The highest BCUT2D eigenvalue weighted by molar-refractivity contribution is 5.35. The molecule has 19 heavy (non-hydrogen) atoms. The fourth-order valence-electron chi connectivity index (χ4n) is 2.17. The Morgan fingerprint density at radius 3 is 3.16 bits per heavy atom. The van der Waals surface area contributed by atoms with E-state index in [1.54, 1.807) is 16.8 Å². The second-order valence-electron chi connectivity index (χ2n) is 4.13. The molecule has 1 atom stereocenters. The molecule has 100 valence electrons. The first-order chi connectivity index (χ1) is 9.24. The Hall–Kier alpha value is -2.25. The monoisotopic (exact) mass is 267 g/mol. The lowest BCUT2D eigenvalue weighted by Gasteiger charge is -2.24. The van der Waals surface area contributed by atoms with Gasteiger partial charge in [-0.1, -0.05) is 17.2 Å². The standard InChI is InChI=1S/C11H11F2N5O/c12-10(13)19-8-3-1-2-7(6-8)9-4-5-14-11-15-16-17-18(9)11/h1-3,6,9-10H,4-5H2,(H,14,15,17). The number of tetrazole rings is 1. The van der Waals surface area contributed by atoms with Gasteiger partial charge in [-0.15, -0.1) is 0 Å². The van der Waals surface area contributed by atoms with Crippen LogP contribution in [0.3, 0.4) is 0 Å². The third-order valence-electron chi connectivity index (χ3n) is 2.96. The van der Waals surface area contributed by atoms with Gasteiger partial charge in [0.1, 0.15) is 5.75 Å². The maximum absolute atomic E-state index is 12.2. The Balaban J connectivity index is 1.91. The number of hydrogen-bond acceptors (Lipinski definition) is 5. The number of nitrogens with one attached hydrogen (secondary N) is 1. The van der Waals surface area contributed by atoms with Gasteiger partial charge in [-0.2, -0.15) is 8.78 Å². The summed E-state index contributed by atoms with van der Waals surface area (Å²) in [5.41, 5.74) is 0.841. The number of alkyl halides is 2. The van der Waals surface area contributed by atoms with Gasteiger partial charge in [0.05, 0.1) is 6.04 Å². The summed E-state index contributed by atoms with van der Waals surface area (Å²) in [5, 5.41) is 14.4. The fourth-order valence-corrected chi connectivity index (χ4v) is 2.17. The number of ether oxygens (including phenoxy) is 1. The number of benzene rings is 1. The zero-order chi connectivity index (χ0) is 13.2. The number of hydrogen-bond donors (Lipinski definition) is 1. The summed E-state index contributed by atoms with van der Waals surface area (Å²) >= 11 is 0. The lowest BCUT2D eigenvalue weighted by atomic mass is 10.0. The number of halogens is 2. The van der Waals surface area contributed by atoms with Crippen LogP contribution in [0.25, 0.3) is 0 Å². The van der Waals surface area contributed by atoms with E-state index >= 15 is 0 Å². The van der Waals surface area contributed by atoms with Crippen molar-refractivity contribution in [2.45, 2.75) is 19.1 Å². The number of aromatic nitrogens is 4. The van der Waals surface area contributed by atoms with Gasteiger partial charge in [-0.05, 0) is 34.5 Å². The maximum Gasteiger partial charge on any atom is 0.387 e. The molecule has 0 bridgehead atoms. The largest absolute Gasteiger partial charge is 0.435 e. The van der Waals surface area contributed by atoms with Crippen molar-refractivity contribution in [3.05, 3.63) is 29.8 Å². The van der Waals surface area contributed by atoms with Gasteiger partial charge in [0.2, 0.25) is 5.95 Å². The highest BCUT2D eigenvalue weighted by Crippen LogP contribution is 2.29. The number of rotatable bonds is 3. The van der Waals surface area contributed by atoms with Crippen LogP contribution in [0.15, 0.2) is 24.3 Å². The minimum absolute atomic E-state index is 0.0764. The molecule has 2 aromatic rings. The van der Waals surface area contributed by atoms with Crippen molar-refractivity contribution in [2.24, 2.45) is 0 Å². The first-order valence-electron chi connectivity index (χ1n) is 5.80. The van der Waals surface area contributed by atoms with E-state index in [9.17, 15) is 8.78 Å². The van der Waals surface area contributed by atoms with E-state index in [0.29, 0.717) is 5.95 Å². The summed E-state index contributed by atoms with van der Waals surface area (Å²) < 4.78 is 30.5. The van der Waals surface area contributed by atoms with Crippen LogP contribution in [0.2, 0.25) is 0 Å². The van der Waals surface area contributed by atoms with E-state index in [2.05, 4.69) is 25.6 Å². The molecule has 2 heterocycles. The molecule has 1 aliphatic rings. The van der Waals surface area contributed by atoms with Crippen LogP contribution in [0.5, 0.6) is 5.75 Å². The second-order valence-corrected chi connectivity index (χ2v) is 4.13. The van der Waals surface area contributed by atoms with Crippen LogP contribution in [0, 0.1) is 0 Å². The quantitative estimate of drug-likeness (QED) is 0.916. The maximum atomic E-state index is 12.2. The molecule has 0 amide bonds. The van der Waals surface area contributed by atoms with Crippen molar-refractivity contribution in [3.63, 3.8) is 0 Å². The third-order valence-corrected chi connectivity index (χ3v) is 2.96. The van der Waals surface area contributed by atoms with Gasteiger partial charge >= 0.3 is 6.61 Å². The Morgan fingerprint density at radius 1 is 1.42 bits per heavy atom. The Morgan fingerprint density at radius 2 is 2.32 bits per heavy atom. The molecule has 1 aliphatic heterocycles. The minimum Gasteiger partial charge on any atom is -0.435 e. The van der Waals surface area contributed by atoms with E-state index < -0.39 is 6.61 Å². The first kappa shape index (κ1) is 11.8. The first-order valence-corrected chi connectivity index (χ1v) is 5.80. The predicted octanol–water partition coefficient (Wildman–Crippen LogP) is 1.68. The van der Waals surface area contributed by atoms with Crippen LogP contribution >= 0.6 is 0 Å². The Labute approximate surface area is 107 Å². The average Bonchev–Trinajstić information content (AvgIpc) is 2.86. The van der Waals surface area contributed by atoms with E-state index in [1.807, 2.05) is 6.07 Å². The van der Waals surface area contributed by atoms with Crippen LogP contribution in [-0.2, 0) is 0 Å². The molecule has 0 saturated carbocycles. The lowest BCUT2D eigenvalue weighted by Crippen LogP contribution is -2.24. The molecule has 1 aromatic heterocycles. The molecule has 1 N–H and O–H groups in total. The van der Waals surface area contributed by atoms with Crippen molar-refractivity contribution >= 4 is 5.95 Å². The van der Waals surface area contributed by atoms with Crippen LogP contribution in [-0.4, -0.2) is 33.4 Å². The SMILES string of the molecule is FC(F)Oc1cccc(C2CCNc3nnnn32)c1. The van der Waals surface area contributed by atoms with Gasteiger partial charge in [0.25, 0.3) is 0 Å². The van der Waals surface area contributed by atoms with Gasteiger partial charge < -0.3 is 10.1 Å². The molecule has 8 heteroatoms. The third kappa shape index (κ3) is 2.33. The highest BCUT2D eigenvalue weighted by Gasteiger charge is 2.23. The molecule has 0 radical (unpaired) electrons. The normalized spacial score (nSPS) is 17.9. The number of anilines is 1. The van der Waals surface area contributed by atoms with Gasteiger partial charge in [-0.25, -0.2) is 4.68 Å². The summed E-state index contributed by atoms with van der Waals surface area (Å²) in [4.78, 5) is 0. The second kappa shape index (κ2) is 4.79. The van der Waals surface area contributed by atoms with Gasteiger partial charge in [0, 0.05) is 6.54 Å². The fraction of sp³-hybridized carbons (Fsp3) is 0.364. The van der Waals surface area contributed by atoms with Crippen molar-refractivity contribution in [1.82, 2.24) is 20.2 Å². The molecule has 0 saturated heterocycles. The summed E-state index contributed by atoms with van der Waals surface area (Å²) in [6.07, 6.45) is 0.774.